The van der Waals surface area contributed by atoms with Gasteiger partial charge in [-0.2, -0.15) is 0 Å². The molecule has 0 aliphatic carbocycles. The van der Waals surface area contributed by atoms with Crippen LogP contribution in [0.1, 0.15) is 24.5 Å². The predicted octanol–water partition coefficient (Wildman–Crippen LogP) is 7.22. The van der Waals surface area contributed by atoms with Crippen molar-refractivity contribution in [3.8, 4) is 16.9 Å². The molecule has 168 valence electrons. The van der Waals surface area contributed by atoms with Crippen LogP contribution >= 0.6 is 23.4 Å². The number of rotatable bonds is 6. The van der Waals surface area contributed by atoms with Gasteiger partial charge in [-0.05, 0) is 54.4 Å². The highest BCUT2D eigenvalue weighted by molar-refractivity contribution is 7.99. The molecule has 1 unspecified atom stereocenters. The molecular weight excluding hydrogens is 461 g/mol. The highest BCUT2D eigenvalue weighted by atomic mass is 35.5. The van der Waals surface area contributed by atoms with E-state index in [0.29, 0.717) is 23.7 Å². The van der Waals surface area contributed by atoms with Crippen LogP contribution < -0.4 is 4.74 Å². The number of benzene rings is 3. The fourth-order valence-electron chi connectivity index (χ4n) is 4.71. The molecule has 1 aliphatic heterocycles. The van der Waals surface area contributed by atoms with Gasteiger partial charge in [-0.1, -0.05) is 41.6 Å². The van der Waals surface area contributed by atoms with E-state index in [1.807, 2.05) is 48.5 Å². The van der Waals surface area contributed by atoms with E-state index in [4.69, 9.17) is 16.3 Å². The zero-order valence-electron chi connectivity index (χ0n) is 17.8. The number of aliphatic carboxylic acids is 1. The Morgan fingerprint density at radius 2 is 1.94 bits per heavy atom. The maximum atomic E-state index is 14.9. The molecule has 0 saturated carbocycles. The van der Waals surface area contributed by atoms with E-state index in [0.717, 1.165) is 37.5 Å². The second-order valence-electron chi connectivity index (χ2n) is 8.05. The molecule has 1 aromatic heterocycles. The second-order valence-corrected chi connectivity index (χ2v) is 9.57. The van der Waals surface area contributed by atoms with E-state index in [1.165, 1.54) is 6.07 Å². The van der Waals surface area contributed by atoms with Gasteiger partial charge in [-0.15, -0.1) is 0 Å². The number of para-hydroxylation sites is 1. The van der Waals surface area contributed by atoms with Crippen molar-refractivity contribution >= 4 is 40.2 Å². The molecule has 4 aromatic rings. The third-order valence-corrected chi connectivity index (χ3v) is 7.44. The molecular formula is C26H21ClFNO3S. The summed E-state index contributed by atoms with van der Waals surface area (Å²) in [6, 6.07) is 18.2. The van der Waals surface area contributed by atoms with Crippen LogP contribution in [0.15, 0.2) is 70.5 Å². The van der Waals surface area contributed by atoms with Gasteiger partial charge in [0, 0.05) is 43.9 Å². The predicted molar refractivity (Wildman–Crippen MR) is 129 cm³/mol. The van der Waals surface area contributed by atoms with Crippen LogP contribution in [0.3, 0.4) is 0 Å². The molecule has 0 amide bonds. The van der Waals surface area contributed by atoms with Gasteiger partial charge in [0.25, 0.3) is 0 Å². The van der Waals surface area contributed by atoms with Crippen molar-refractivity contribution in [2.75, 3.05) is 7.11 Å². The van der Waals surface area contributed by atoms with Crippen molar-refractivity contribution in [2.45, 2.75) is 35.1 Å². The zero-order chi connectivity index (χ0) is 23.1. The van der Waals surface area contributed by atoms with Crippen LogP contribution in [0.2, 0.25) is 5.02 Å². The number of hydrogen-bond acceptors (Lipinski definition) is 3. The van der Waals surface area contributed by atoms with E-state index in [-0.39, 0.29) is 18.2 Å². The molecule has 7 heteroatoms. The zero-order valence-corrected chi connectivity index (χ0v) is 19.4. The van der Waals surface area contributed by atoms with Crippen molar-refractivity contribution < 1.29 is 19.0 Å². The number of carbonyl (C=O) groups is 1. The third kappa shape index (κ3) is 3.98. The molecule has 2 heterocycles. The molecule has 0 saturated heterocycles. The quantitative estimate of drug-likeness (QED) is 0.316. The van der Waals surface area contributed by atoms with E-state index in [2.05, 4.69) is 4.57 Å². The van der Waals surface area contributed by atoms with Gasteiger partial charge in [0.05, 0.1) is 19.0 Å². The van der Waals surface area contributed by atoms with E-state index in [9.17, 15) is 14.3 Å². The number of aromatic nitrogens is 1. The SMILES string of the molecule is COc1ccccc1-c1cc(F)cc2c1c(Sc1ccc(Cl)cc1)c1n2CCC1CC(=O)O. The minimum atomic E-state index is -0.836. The minimum absolute atomic E-state index is 0.0387. The monoisotopic (exact) mass is 481 g/mol. The molecule has 0 fully saturated rings. The van der Waals surface area contributed by atoms with E-state index in [1.54, 1.807) is 24.9 Å². The summed E-state index contributed by atoms with van der Waals surface area (Å²) in [4.78, 5) is 13.5. The number of ether oxygens (including phenoxy) is 1. The average molecular weight is 482 g/mol. The Morgan fingerprint density at radius 1 is 1.18 bits per heavy atom. The molecule has 1 aliphatic rings. The Labute approximate surface area is 199 Å². The van der Waals surface area contributed by atoms with Gasteiger partial charge < -0.3 is 14.4 Å². The lowest BCUT2D eigenvalue weighted by Crippen LogP contribution is -2.04. The molecule has 1 N–H and O–H groups in total. The van der Waals surface area contributed by atoms with Crippen molar-refractivity contribution in [3.05, 3.63) is 77.2 Å². The topological polar surface area (TPSA) is 51.5 Å². The van der Waals surface area contributed by atoms with Gasteiger partial charge >= 0.3 is 5.97 Å². The summed E-state index contributed by atoms with van der Waals surface area (Å²) in [5, 5.41) is 11.1. The number of fused-ring (bicyclic) bond motifs is 3. The number of hydrogen-bond donors (Lipinski definition) is 1. The maximum Gasteiger partial charge on any atom is 0.304 e. The summed E-state index contributed by atoms with van der Waals surface area (Å²) in [5.74, 6) is -0.663. The summed E-state index contributed by atoms with van der Waals surface area (Å²) in [6.07, 6.45) is 0.753. The first-order chi connectivity index (χ1) is 16.0. The van der Waals surface area contributed by atoms with Crippen molar-refractivity contribution in [3.63, 3.8) is 0 Å². The largest absolute Gasteiger partial charge is 0.496 e. The smallest absolute Gasteiger partial charge is 0.304 e. The number of halogens is 2. The minimum Gasteiger partial charge on any atom is -0.496 e. The van der Waals surface area contributed by atoms with Crippen LogP contribution in [-0.2, 0) is 11.3 Å². The molecule has 5 rings (SSSR count). The number of aryl methyl sites for hydroxylation is 1. The third-order valence-electron chi connectivity index (χ3n) is 6.06. The van der Waals surface area contributed by atoms with Crippen LogP contribution in [-0.4, -0.2) is 22.8 Å². The van der Waals surface area contributed by atoms with Gasteiger partial charge in [0.15, 0.2) is 0 Å². The van der Waals surface area contributed by atoms with Crippen molar-refractivity contribution in [1.82, 2.24) is 4.57 Å². The maximum absolute atomic E-state index is 14.9. The lowest BCUT2D eigenvalue weighted by atomic mass is 9.97. The summed E-state index contributed by atoms with van der Waals surface area (Å²) in [6.45, 7) is 0.653. The summed E-state index contributed by atoms with van der Waals surface area (Å²) in [5.41, 5.74) is 3.25. The van der Waals surface area contributed by atoms with E-state index < -0.39 is 5.97 Å². The first-order valence-corrected chi connectivity index (χ1v) is 11.8. The Bertz CT molecular complexity index is 1370. The number of methoxy groups -OCH3 is 1. The number of nitrogens with zero attached hydrogens (tertiary/aromatic N) is 1. The van der Waals surface area contributed by atoms with Crippen LogP contribution in [0.5, 0.6) is 5.75 Å². The number of carboxylic acids is 1. The Kier molecular flexibility index (Phi) is 5.81. The van der Waals surface area contributed by atoms with Gasteiger partial charge in [-0.3, -0.25) is 4.79 Å². The van der Waals surface area contributed by atoms with Crippen molar-refractivity contribution in [1.29, 1.82) is 0 Å². The van der Waals surface area contributed by atoms with Gasteiger partial charge in [-0.25, -0.2) is 4.39 Å². The van der Waals surface area contributed by atoms with Crippen molar-refractivity contribution in [2.24, 2.45) is 0 Å². The van der Waals surface area contributed by atoms with Crippen LogP contribution in [0, 0.1) is 5.82 Å². The Morgan fingerprint density at radius 3 is 2.67 bits per heavy atom. The molecule has 0 radical (unpaired) electrons. The molecule has 3 aromatic carbocycles. The first kappa shape index (κ1) is 21.9. The number of carboxylic acid groups (broad SMARTS) is 1. The standard InChI is InChI=1S/C26H21ClFNO3S/c1-32-22-5-3-2-4-19(22)20-13-17(28)14-21-24(20)26(33-18-8-6-16(27)7-9-18)25-15(12-23(30)31)10-11-29(21)25/h2-9,13-15H,10-12H2,1H3,(H,30,31). The first-order valence-electron chi connectivity index (χ1n) is 10.6. The lowest BCUT2D eigenvalue weighted by molar-refractivity contribution is -0.137. The highest BCUT2D eigenvalue weighted by Gasteiger charge is 2.33. The molecule has 1 atom stereocenters. The Balaban J connectivity index is 1.81. The lowest BCUT2D eigenvalue weighted by Gasteiger charge is -2.14. The second kappa shape index (κ2) is 8.76. The summed E-state index contributed by atoms with van der Waals surface area (Å²) in [7, 11) is 1.60. The van der Waals surface area contributed by atoms with Gasteiger partial charge in [0.1, 0.15) is 11.6 Å². The van der Waals surface area contributed by atoms with Gasteiger partial charge in [0.2, 0.25) is 0 Å². The molecule has 0 spiro atoms. The molecule has 33 heavy (non-hydrogen) atoms. The van der Waals surface area contributed by atoms with E-state index >= 15 is 0 Å². The Hall–Kier alpha value is -2.96. The summed E-state index contributed by atoms with van der Waals surface area (Å²) < 4.78 is 22.6. The average Bonchev–Trinajstić information content (AvgIpc) is 3.33. The van der Waals surface area contributed by atoms with Crippen LogP contribution in [0.4, 0.5) is 4.39 Å². The van der Waals surface area contributed by atoms with Crippen LogP contribution in [0.25, 0.3) is 22.0 Å². The normalized spacial score (nSPS) is 15.1. The fraction of sp³-hybridized carbons (Fsp3) is 0.192. The fourth-order valence-corrected chi connectivity index (χ4v) is 6.04. The molecule has 4 nitrogen and oxygen atoms in total. The highest BCUT2D eigenvalue weighted by Crippen LogP contribution is 2.50. The summed E-state index contributed by atoms with van der Waals surface area (Å²) >= 11 is 7.65. The molecule has 0 bridgehead atoms.